The van der Waals surface area contributed by atoms with E-state index in [1.807, 2.05) is 42.5 Å². The average Bonchev–Trinajstić information content (AvgIpc) is 2.47. The minimum atomic E-state index is -1.41. The molecule has 0 aliphatic carbocycles. The Morgan fingerprint density at radius 3 is 2.25 bits per heavy atom. The van der Waals surface area contributed by atoms with Crippen molar-refractivity contribution < 1.29 is 14.7 Å². The van der Waals surface area contributed by atoms with Crippen molar-refractivity contribution in [3.05, 3.63) is 66.7 Å². The third-order valence-corrected chi connectivity index (χ3v) is 2.64. The summed E-state index contributed by atoms with van der Waals surface area (Å²) in [6.45, 7) is 0. The molecule has 2 aromatic carbocycles. The number of hydrogen-bond acceptors (Lipinski definition) is 3. The number of nitrogens with one attached hydrogen (secondary N) is 1. The summed E-state index contributed by atoms with van der Waals surface area (Å²) in [7, 11) is 0. The smallest absolute Gasteiger partial charge is 0.248 e. The molecule has 20 heavy (non-hydrogen) atoms. The van der Waals surface area contributed by atoms with Gasteiger partial charge >= 0.3 is 0 Å². The van der Waals surface area contributed by atoms with E-state index in [4.69, 9.17) is 0 Å². The fraction of sp³-hybridized carbons (Fsp3) is 0. The highest BCUT2D eigenvalue weighted by Gasteiger charge is 2.05. The van der Waals surface area contributed by atoms with Crippen LogP contribution in [-0.2, 0) is 9.59 Å². The predicted molar refractivity (Wildman–Crippen MR) is 74.7 cm³/mol. The van der Waals surface area contributed by atoms with Crippen molar-refractivity contribution in [2.75, 3.05) is 5.32 Å². The van der Waals surface area contributed by atoms with E-state index in [0.717, 1.165) is 17.2 Å². The lowest BCUT2D eigenvalue weighted by Crippen LogP contribution is -2.20. The number of benzene rings is 2. The summed E-state index contributed by atoms with van der Waals surface area (Å²) in [5, 5.41) is 12.9. The Hall–Kier alpha value is -2.88. The molecule has 0 heterocycles. The number of aliphatic carboxylic acids is 1. The highest BCUT2D eigenvalue weighted by molar-refractivity contribution is 6.04. The molecule has 0 aliphatic heterocycles. The first-order valence-corrected chi connectivity index (χ1v) is 6.01. The normalized spacial score (nSPS) is 10.4. The summed E-state index contributed by atoms with van der Waals surface area (Å²) in [6, 6.07) is 16.9. The second-order valence-electron chi connectivity index (χ2n) is 4.05. The number of carboxylic acid groups (broad SMARTS) is 1. The SMILES string of the molecule is O=C([O-])/C=C/C(=O)Nc1ccccc1-c1ccccc1. The van der Waals surface area contributed by atoms with Crippen LogP contribution in [0.4, 0.5) is 5.69 Å². The van der Waals surface area contributed by atoms with Crippen LogP contribution >= 0.6 is 0 Å². The van der Waals surface area contributed by atoms with Gasteiger partial charge in [-0.1, -0.05) is 48.5 Å². The average molecular weight is 266 g/mol. The van der Waals surface area contributed by atoms with Crippen molar-refractivity contribution in [2.24, 2.45) is 0 Å². The molecule has 1 N–H and O–H groups in total. The van der Waals surface area contributed by atoms with E-state index in [9.17, 15) is 14.7 Å². The molecule has 0 bridgehead atoms. The van der Waals surface area contributed by atoms with Gasteiger partial charge in [-0.25, -0.2) is 0 Å². The van der Waals surface area contributed by atoms with Crippen LogP contribution in [-0.4, -0.2) is 11.9 Å². The zero-order valence-corrected chi connectivity index (χ0v) is 10.6. The molecule has 0 unspecified atom stereocenters. The molecule has 0 aliphatic rings. The number of para-hydroxylation sites is 1. The number of carboxylic acids is 1. The van der Waals surface area contributed by atoms with Crippen LogP contribution in [0.15, 0.2) is 66.7 Å². The summed E-state index contributed by atoms with van der Waals surface area (Å²) in [5.41, 5.74) is 2.45. The molecular weight excluding hydrogens is 254 g/mol. The standard InChI is InChI=1S/C16H13NO3/c18-15(10-11-16(19)20)17-14-9-5-4-8-13(14)12-6-2-1-3-7-12/h1-11H,(H,17,18)(H,19,20)/p-1/b11-10+. The third kappa shape index (κ3) is 3.55. The number of hydrogen-bond donors (Lipinski definition) is 1. The van der Waals surface area contributed by atoms with Crippen LogP contribution in [0.25, 0.3) is 11.1 Å². The Bertz CT molecular complexity index is 648. The van der Waals surface area contributed by atoms with Gasteiger partial charge in [0.15, 0.2) is 0 Å². The largest absolute Gasteiger partial charge is 0.545 e. The fourth-order valence-corrected chi connectivity index (χ4v) is 1.78. The molecule has 100 valence electrons. The van der Waals surface area contributed by atoms with Crippen molar-refractivity contribution in [1.82, 2.24) is 0 Å². The minimum absolute atomic E-state index is 0.516. The van der Waals surface area contributed by atoms with E-state index in [1.54, 1.807) is 12.1 Å². The molecule has 4 heteroatoms. The number of amides is 1. The number of carbonyl (C=O) groups is 2. The zero-order chi connectivity index (χ0) is 14.4. The fourth-order valence-electron chi connectivity index (χ4n) is 1.78. The lowest BCUT2D eigenvalue weighted by molar-refractivity contribution is -0.297. The maximum Gasteiger partial charge on any atom is 0.248 e. The lowest BCUT2D eigenvalue weighted by atomic mass is 10.0. The van der Waals surface area contributed by atoms with Crippen molar-refractivity contribution in [3.8, 4) is 11.1 Å². The zero-order valence-electron chi connectivity index (χ0n) is 10.6. The van der Waals surface area contributed by atoms with Gasteiger partial charge in [0, 0.05) is 17.3 Å². The molecule has 2 rings (SSSR count). The van der Waals surface area contributed by atoms with E-state index in [1.165, 1.54) is 0 Å². The maximum absolute atomic E-state index is 11.6. The third-order valence-electron chi connectivity index (χ3n) is 2.64. The van der Waals surface area contributed by atoms with Crippen molar-refractivity contribution in [2.45, 2.75) is 0 Å². The van der Waals surface area contributed by atoms with Crippen molar-refractivity contribution in [1.29, 1.82) is 0 Å². The molecule has 0 spiro atoms. The Kier molecular flexibility index (Phi) is 4.29. The van der Waals surface area contributed by atoms with E-state index in [-0.39, 0.29) is 0 Å². The van der Waals surface area contributed by atoms with Crippen molar-refractivity contribution in [3.63, 3.8) is 0 Å². The van der Waals surface area contributed by atoms with Crippen LogP contribution in [0.5, 0.6) is 0 Å². The first-order chi connectivity index (χ1) is 9.66. The maximum atomic E-state index is 11.6. The Balaban J connectivity index is 2.25. The lowest BCUT2D eigenvalue weighted by Gasteiger charge is -2.09. The van der Waals surface area contributed by atoms with Crippen LogP contribution in [0.2, 0.25) is 0 Å². The summed E-state index contributed by atoms with van der Waals surface area (Å²) in [4.78, 5) is 21.9. The van der Waals surface area contributed by atoms with Crippen molar-refractivity contribution >= 4 is 17.6 Å². The summed E-state index contributed by atoms with van der Waals surface area (Å²) < 4.78 is 0. The molecule has 0 radical (unpaired) electrons. The second-order valence-corrected chi connectivity index (χ2v) is 4.05. The van der Waals surface area contributed by atoms with Crippen LogP contribution in [0, 0.1) is 0 Å². The van der Waals surface area contributed by atoms with Crippen LogP contribution < -0.4 is 10.4 Å². The van der Waals surface area contributed by atoms with E-state index < -0.39 is 11.9 Å². The monoisotopic (exact) mass is 266 g/mol. The predicted octanol–water partition coefficient (Wildman–Crippen LogP) is 1.60. The molecular formula is C16H12NO3-. The van der Waals surface area contributed by atoms with Gasteiger partial charge in [-0.05, 0) is 17.7 Å². The topological polar surface area (TPSA) is 69.2 Å². The quantitative estimate of drug-likeness (QED) is 0.854. The molecule has 4 nitrogen and oxygen atoms in total. The highest BCUT2D eigenvalue weighted by Crippen LogP contribution is 2.27. The molecule has 1 amide bonds. The van der Waals surface area contributed by atoms with Gasteiger partial charge < -0.3 is 15.2 Å². The first kappa shape index (κ1) is 13.5. The summed E-state index contributed by atoms with van der Waals surface area (Å²) >= 11 is 0. The number of rotatable bonds is 4. The van der Waals surface area contributed by atoms with Gasteiger partial charge in [0.1, 0.15) is 0 Å². The number of carbonyl (C=O) groups excluding carboxylic acids is 2. The van der Waals surface area contributed by atoms with Gasteiger partial charge in [0.05, 0.1) is 5.97 Å². The molecule has 0 aromatic heterocycles. The molecule has 0 fully saturated rings. The first-order valence-electron chi connectivity index (χ1n) is 6.01. The van der Waals surface area contributed by atoms with Gasteiger partial charge in [-0.3, -0.25) is 4.79 Å². The van der Waals surface area contributed by atoms with Gasteiger partial charge in [-0.2, -0.15) is 0 Å². The molecule has 2 aromatic rings. The summed E-state index contributed by atoms with van der Waals surface area (Å²) in [5.74, 6) is -1.92. The highest BCUT2D eigenvalue weighted by atomic mass is 16.4. The van der Waals surface area contributed by atoms with Gasteiger partial charge in [0.25, 0.3) is 0 Å². The Morgan fingerprint density at radius 1 is 0.900 bits per heavy atom. The molecule has 0 saturated heterocycles. The Labute approximate surface area is 116 Å². The van der Waals surface area contributed by atoms with E-state index in [0.29, 0.717) is 11.8 Å². The molecule has 0 saturated carbocycles. The van der Waals surface area contributed by atoms with E-state index in [2.05, 4.69) is 5.32 Å². The summed E-state index contributed by atoms with van der Waals surface area (Å²) in [6.07, 6.45) is 1.62. The number of anilines is 1. The van der Waals surface area contributed by atoms with Gasteiger partial charge in [-0.15, -0.1) is 0 Å². The van der Waals surface area contributed by atoms with E-state index >= 15 is 0 Å². The molecule has 0 atom stereocenters. The minimum Gasteiger partial charge on any atom is -0.545 e. The Morgan fingerprint density at radius 2 is 1.55 bits per heavy atom. The van der Waals surface area contributed by atoms with Crippen LogP contribution in [0.3, 0.4) is 0 Å². The van der Waals surface area contributed by atoms with Crippen LogP contribution in [0.1, 0.15) is 0 Å². The second kappa shape index (κ2) is 6.33. The van der Waals surface area contributed by atoms with Gasteiger partial charge in [0.2, 0.25) is 5.91 Å².